The van der Waals surface area contributed by atoms with Crippen molar-refractivity contribution in [2.24, 2.45) is 11.7 Å². The molecule has 0 bridgehead atoms. The normalized spacial score (nSPS) is 17.9. The summed E-state index contributed by atoms with van der Waals surface area (Å²) >= 11 is 0. The molecule has 2 nitrogen and oxygen atoms in total. The van der Waals surface area contributed by atoms with E-state index in [-0.39, 0.29) is 6.04 Å². The maximum atomic E-state index is 6.29. The van der Waals surface area contributed by atoms with Crippen molar-refractivity contribution in [3.05, 3.63) is 29.8 Å². The van der Waals surface area contributed by atoms with Gasteiger partial charge in [0.15, 0.2) is 0 Å². The van der Waals surface area contributed by atoms with Crippen LogP contribution in [0.1, 0.15) is 44.2 Å². The van der Waals surface area contributed by atoms with Crippen LogP contribution >= 0.6 is 0 Å². The van der Waals surface area contributed by atoms with E-state index < -0.39 is 0 Å². The van der Waals surface area contributed by atoms with E-state index in [2.05, 4.69) is 13.0 Å². The first kappa shape index (κ1) is 11.5. The Kier molecular flexibility index (Phi) is 3.83. The topological polar surface area (TPSA) is 35.2 Å². The fraction of sp³-hybridized carbons (Fsp3) is 0.571. The largest absolute Gasteiger partial charge is 0.493 e. The summed E-state index contributed by atoms with van der Waals surface area (Å²) in [4.78, 5) is 0. The Morgan fingerprint density at radius 3 is 2.75 bits per heavy atom. The lowest BCUT2D eigenvalue weighted by Gasteiger charge is -2.32. The lowest BCUT2D eigenvalue weighted by molar-refractivity contribution is 0.253. The Morgan fingerprint density at radius 2 is 2.12 bits per heavy atom. The summed E-state index contributed by atoms with van der Waals surface area (Å²) in [5.74, 6) is 1.63. The molecule has 0 aliphatic heterocycles. The Hall–Kier alpha value is -1.02. The highest BCUT2D eigenvalue weighted by Gasteiger charge is 2.27. The Labute approximate surface area is 97.8 Å². The molecule has 0 amide bonds. The highest BCUT2D eigenvalue weighted by molar-refractivity contribution is 5.36. The predicted octanol–water partition coefficient (Wildman–Crippen LogP) is 3.28. The van der Waals surface area contributed by atoms with Crippen LogP contribution < -0.4 is 10.5 Å². The van der Waals surface area contributed by atoms with Crippen LogP contribution in [0.5, 0.6) is 5.75 Å². The number of nitrogens with two attached hydrogens (primary N) is 1. The highest BCUT2D eigenvalue weighted by Crippen LogP contribution is 2.38. The summed E-state index contributed by atoms with van der Waals surface area (Å²) < 4.78 is 5.75. The van der Waals surface area contributed by atoms with Gasteiger partial charge in [-0.2, -0.15) is 0 Å². The van der Waals surface area contributed by atoms with Gasteiger partial charge >= 0.3 is 0 Å². The van der Waals surface area contributed by atoms with E-state index in [9.17, 15) is 0 Å². The molecule has 1 atom stereocenters. The van der Waals surface area contributed by atoms with Crippen molar-refractivity contribution in [1.29, 1.82) is 0 Å². The molecule has 0 spiro atoms. The summed E-state index contributed by atoms with van der Waals surface area (Å²) in [5, 5.41) is 0. The van der Waals surface area contributed by atoms with Crippen molar-refractivity contribution in [2.45, 2.75) is 38.6 Å². The molecule has 1 unspecified atom stereocenters. The van der Waals surface area contributed by atoms with Crippen LogP contribution in [0.4, 0.5) is 0 Å². The van der Waals surface area contributed by atoms with Crippen LogP contribution in [0.15, 0.2) is 24.3 Å². The van der Waals surface area contributed by atoms with Crippen molar-refractivity contribution in [1.82, 2.24) is 0 Å². The van der Waals surface area contributed by atoms with Gasteiger partial charge in [-0.25, -0.2) is 0 Å². The zero-order valence-electron chi connectivity index (χ0n) is 9.99. The maximum Gasteiger partial charge on any atom is 0.124 e. The van der Waals surface area contributed by atoms with Gasteiger partial charge in [0.1, 0.15) is 5.75 Å². The third kappa shape index (κ3) is 2.38. The molecule has 0 radical (unpaired) electrons. The number of para-hydroxylation sites is 1. The molecule has 88 valence electrons. The Balaban J connectivity index is 2.11. The van der Waals surface area contributed by atoms with Crippen LogP contribution in [0.25, 0.3) is 0 Å². The smallest absolute Gasteiger partial charge is 0.124 e. The minimum absolute atomic E-state index is 0.154. The van der Waals surface area contributed by atoms with E-state index in [0.29, 0.717) is 5.92 Å². The molecule has 1 aromatic rings. The quantitative estimate of drug-likeness (QED) is 0.824. The molecule has 1 fully saturated rings. The van der Waals surface area contributed by atoms with Gasteiger partial charge in [-0.1, -0.05) is 31.5 Å². The summed E-state index contributed by atoms with van der Waals surface area (Å²) in [6.07, 6.45) is 4.90. The van der Waals surface area contributed by atoms with Gasteiger partial charge in [-0.15, -0.1) is 0 Å². The molecule has 1 aliphatic rings. The molecular weight excluding hydrogens is 198 g/mol. The number of rotatable bonds is 5. The van der Waals surface area contributed by atoms with E-state index in [1.165, 1.54) is 24.8 Å². The fourth-order valence-corrected chi connectivity index (χ4v) is 2.15. The van der Waals surface area contributed by atoms with Crippen LogP contribution in [0.2, 0.25) is 0 Å². The summed E-state index contributed by atoms with van der Waals surface area (Å²) in [5.41, 5.74) is 7.47. The van der Waals surface area contributed by atoms with Gasteiger partial charge in [0.2, 0.25) is 0 Å². The van der Waals surface area contributed by atoms with Gasteiger partial charge in [0, 0.05) is 11.6 Å². The summed E-state index contributed by atoms with van der Waals surface area (Å²) in [6, 6.07) is 8.35. The minimum atomic E-state index is 0.154. The van der Waals surface area contributed by atoms with Crippen molar-refractivity contribution in [3.8, 4) is 5.75 Å². The highest BCUT2D eigenvalue weighted by atomic mass is 16.5. The van der Waals surface area contributed by atoms with Crippen molar-refractivity contribution < 1.29 is 4.74 Å². The van der Waals surface area contributed by atoms with Crippen LogP contribution in [-0.2, 0) is 0 Å². The summed E-state index contributed by atoms with van der Waals surface area (Å²) in [6.45, 7) is 2.89. The standard InChI is InChI=1S/C14H21NO/c1-2-10-16-13-9-4-3-8-12(13)14(15)11-6-5-7-11/h3-4,8-9,11,14H,2,5-7,10,15H2,1H3. The van der Waals surface area contributed by atoms with Gasteiger partial charge in [-0.05, 0) is 31.2 Å². The monoisotopic (exact) mass is 219 g/mol. The second kappa shape index (κ2) is 5.35. The molecule has 2 N–H and O–H groups in total. The van der Waals surface area contributed by atoms with Gasteiger partial charge in [0.05, 0.1) is 6.61 Å². The molecule has 0 saturated heterocycles. The lowest BCUT2D eigenvalue weighted by Crippen LogP contribution is -2.27. The number of ether oxygens (including phenoxy) is 1. The predicted molar refractivity (Wildman–Crippen MR) is 66.5 cm³/mol. The van der Waals surface area contributed by atoms with Crippen molar-refractivity contribution in [2.75, 3.05) is 6.61 Å². The molecule has 1 saturated carbocycles. The molecule has 1 aromatic carbocycles. The van der Waals surface area contributed by atoms with Gasteiger partial charge < -0.3 is 10.5 Å². The second-order valence-corrected chi connectivity index (χ2v) is 4.60. The zero-order valence-corrected chi connectivity index (χ0v) is 9.99. The van der Waals surface area contributed by atoms with E-state index in [1.54, 1.807) is 0 Å². The molecule has 2 heteroatoms. The first-order chi connectivity index (χ1) is 7.83. The maximum absolute atomic E-state index is 6.29. The number of hydrogen-bond donors (Lipinski definition) is 1. The Bertz CT molecular complexity index is 333. The Morgan fingerprint density at radius 1 is 1.38 bits per heavy atom. The fourth-order valence-electron chi connectivity index (χ4n) is 2.15. The second-order valence-electron chi connectivity index (χ2n) is 4.60. The van der Waals surface area contributed by atoms with Crippen molar-refractivity contribution in [3.63, 3.8) is 0 Å². The van der Waals surface area contributed by atoms with Crippen molar-refractivity contribution >= 4 is 0 Å². The van der Waals surface area contributed by atoms with E-state index >= 15 is 0 Å². The van der Waals surface area contributed by atoms with E-state index in [4.69, 9.17) is 10.5 Å². The number of hydrogen-bond acceptors (Lipinski definition) is 2. The average molecular weight is 219 g/mol. The molecule has 2 rings (SSSR count). The van der Waals surface area contributed by atoms with E-state index in [0.717, 1.165) is 18.8 Å². The molecule has 1 aliphatic carbocycles. The third-order valence-electron chi connectivity index (χ3n) is 3.40. The van der Waals surface area contributed by atoms with Crippen LogP contribution in [0.3, 0.4) is 0 Å². The first-order valence-corrected chi connectivity index (χ1v) is 6.30. The zero-order chi connectivity index (χ0) is 11.4. The molecule has 16 heavy (non-hydrogen) atoms. The van der Waals surface area contributed by atoms with Gasteiger partial charge in [-0.3, -0.25) is 0 Å². The van der Waals surface area contributed by atoms with Crippen LogP contribution in [-0.4, -0.2) is 6.61 Å². The number of benzene rings is 1. The third-order valence-corrected chi connectivity index (χ3v) is 3.40. The molecule has 0 aromatic heterocycles. The average Bonchev–Trinajstić information content (AvgIpc) is 2.24. The minimum Gasteiger partial charge on any atom is -0.493 e. The lowest BCUT2D eigenvalue weighted by atomic mass is 9.77. The summed E-state index contributed by atoms with van der Waals surface area (Å²) in [7, 11) is 0. The van der Waals surface area contributed by atoms with E-state index in [1.807, 2.05) is 18.2 Å². The van der Waals surface area contributed by atoms with Gasteiger partial charge in [0.25, 0.3) is 0 Å². The molecule has 0 heterocycles. The SMILES string of the molecule is CCCOc1ccccc1C(N)C1CCC1. The molecular formula is C14H21NO. The van der Waals surface area contributed by atoms with Crippen LogP contribution in [0, 0.1) is 5.92 Å². The first-order valence-electron chi connectivity index (χ1n) is 6.30.